The van der Waals surface area contributed by atoms with Gasteiger partial charge < -0.3 is 10.6 Å². The zero-order valence-corrected chi connectivity index (χ0v) is 11.0. The van der Waals surface area contributed by atoms with Crippen LogP contribution in [0, 0.1) is 0 Å². The second kappa shape index (κ2) is 5.51. The summed E-state index contributed by atoms with van der Waals surface area (Å²) < 4.78 is 0. The third-order valence-electron chi connectivity index (χ3n) is 2.78. The Morgan fingerprint density at radius 3 is 2.89 bits per heavy atom. The largest absolute Gasteiger partial charge is 0.395 e. The molecule has 0 aliphatic heterocycles. The maximum absolute atomic E-state index is 12.2. The lowest BCUT2D eigenvalue weighted by atomic mass is 10.2. The van der Waals surface area contributed by atoms with E-state index in [-0.39, 0.29) is 11.6 Å². The van der Waals surface area contributed by atoms with Gasteiger partial charge in [-0.3, -0.25) is 15.0 Å². The van der Waals surface area contributed by atoms with Crippen LogP contribution in [0.3, 0.4) is 0 Å². The molecule has 0 aliphatic rings. The molecule has 8 nitrogen and oxygen atoms in total. The Kier molecular flexibility index (Phi) is 3.79. The van der Waals surface area contributed by atoms with Crippen molar-refractivity contribution in [2.75, 3.05) is 12.8 Å². The monoisotopic (exact) mass is 263 g/mol. The Morgan fingerprint density at radius 2 is 2.26 bits per heavy atom. The Hall–Kier alpha value is -2.38. The minimum absolute atomic E-state index is 0.243. The van der Waals surface area contributed by atoms with E-state index in [0.29, 0.717) is 18.1 Å². The van der Waals surface area contributed by atoms with Crippen LogP contribution in [0.4, 0.5) is 5.69 Å². The molecule has 0 saturated heterocycles. The molecule has 102 valence electrons. The van der Waals surface area contributed by atoms with Gasteiger partial charge in [-0.05, 0) is 6.42 Å². The van der Waals surface area contributed by atoms with Crippen molar-refractivity contribution in [2.24, 2.45) is 0 Å². The summed E-state index contributed by atoms with van der Waals surface area (Å²) in [5, 5.41) is 13.2. The van der Waals surface area contributed by atoms with E-state index in [2.05, 4.69) is 25.4 Å². The summed E-state index contributed by atoms with van der Waals surface area (Å²) in [6, 6.07) is 0. The van der Waals surface area contributed by atoms with Gasteiger partial charge >= 0.3 is 0 Å². The normalized spacial score (nSPS) is 10.6. The minimum Gasteiger partial charge on any atom is -0.395 e. The van der Waals surface area contributed by atoms with Gasteiger partial charge in [-0.1, -0.05) is 13.3 Å². The zero-order valence-electron chi connectivity index (χ0n) is 11.0. The van der Waals surface area contributed by atoms with Gasteiger partial charge in [0.2, 0.25) is 0 Å². The topological polar surface area (TPSA) is 117 Å². The number of nitrogens with zero attached hydrogens (tertiary/aromatic N) is 4. The summed E-state index contributed by atoms with van der Waals surface area (Å²) in [7, 11) is 1.67. The zero-order chi connectivity index (χ0) is 13.8. The van der Waals surface area contributed by atoms with Crippen LogP contribution in [0.5, 0.6) is 0 Å². The molecule has 0 aromatic carbocycles. The van der Waals surface area contributed by atoms with Crippen LogP contribution in [0.25, 0.3) is 0 Å². The number of carbonyl (C=O) groups is 1. The Balaban J connectivity index is 2.10. The number of aromatic amines is 2. The predicted molar refractivity (Wildman–Crippen MR) is 69.2 cm³/mol. The van der Waals surface area contributed by atoms with Crippen molar-refractivity contribution in [1.82, 2.24) is 30.3 Å². The Morgan fingerprint density at radius 1 is 1.47 bits per heavy atom. The number of aryl methyl sites for hydroxylation is 1. The first-order chi connectivity index (χ1) is 9.13. The quantitative estimate of drug-likeness (QED) is 0.719. The van der Waals surface area contributed by atoms with Gasteiger partial charge in [-0.25, -0.2) is 4.98 Å². The Labute approximate surface area is 110 Å². The number of H-pyrrole nitrogens is 2. The van der Waals surface area contributed by atoms with E-state index < -0.39 is 0 Å². The highest BCUT2D eigenvalue weighted by atomic mass is 16.2. The molecule has 0 saturated carbocycles. The van der Waals surface area contributed by atoms with Crippen LogP contribution in [0.1, 0.15) is 35.4 Å². The number of nitrogens with two attached hydrogens (primary N) is 1. The lowest BCUT2D eigenvalue weighted by molar-refractivity contribution is 0.0777. The molecule has 19 heavy (non-hydrogen) atoms. The maximum atomic E-state index is 12.2. The van der Waals surface area contributed by atoms with E-state index in [4.69, 9.17) is 5.73 Å². The number of nitrogens with one attached hydrogen (secondary N) is 2. The SMILES string of the molecule is CCCc1[nH]nc(C(=O)N(C)Cc2ncn[nH]2)c1N. The molecular weight excluding hydrogens is 246 g/mol. The molecule has 2 heterocycles. The van der Waals surface area contributed by atoms with Crippen LogP contribution in [0.2, 0.25) is 0 Å². The average molecular weight is 263 g/mol. The van der Waals surface area contributed by atoms with Gasteiger partial charge in [0.1, 0.15) is 12.2 Å². The molecule has 0 radical (unpaired) electrons. The van der Waals surface area contributed by atoms with Gasteiger partial charge in [0.25, 0.3) is 5.91 Å². The lowest BCUT2D eigenvalue weighted by Gasteiger charge is -2.14. The lowest BCUT2D eigenvalue weighted by Crippen LogP contribution is -2.27. The molecule has 2 rings (SSSR count). The number of rotatable bonds is 5. The summed E-state index contributed by atoms with van der Waals surface area (Å²) in [6.45, 7) is 2.37. The van der Waals surface area contributed by atoms with E-state index in [1.165, 1.54) is 11.2 Å². The number of nitrogen functional groups attached to an aromatic ring is 1. The summed E-state index contributed by atoms with van der Waals surface area (Å²) in [5.74, 6) is 0.367. The summed E-state index contributed by atoms with van der Waals surface area (Å²) in [5.41, 5.74) is 7.41. The summed E-state index contributed by atoms with van der Waals surface area (Å²) in [4.78, 5) is 17.7. The fourth-order valence-electron chi connectivity index (χ4n) is 1.77. The van der Waals surface area contributed by atoms with Gasteiger partial charge in [0.05, 0.1) is 17.9 Å². The van der Waals surface area contributed by atoms with Crippen molar-refractivity contribution in [1.29, 1.82) is 0 Å². The highest BCUT2D eigenvalue weighted by Crippen LogP contribution is 2.17. The molecule has 0 atom stereocenters. The number of carbonyl (C=O) groups excluding carboxylic acids is 1. The minimum atomic E-state index is -0.243. The molecule has 1 amide bonds. The van der Waals surface area contributed by atoms with Crippen molar-refractivity contribution in [3.05, 3.63) is 23.5 Å². The second-order valence-electron chi connectivity index (χ2n) is 4.31. The van der Waals surface area contributed by atoms with Crippen molar-refractivity contribution >= 4 is 11.6 Å². The average Bonchev–Trinajstić information content (AvgIpc) is 3.00. The van der Waals surface area contributed by atoms with Gasteiger partial charge in [0.15, 0.2) is 5.69 Å². The first-order valence-corrected chi connectivity index (χ1v) is 6.05. The van der Waals surface area contributed by atoms with Gasteiger partial charge in [-0.2, -0.15) is 10.2 Å². The van der Waals surface area contributed by atoms with Crippen molar-refractivity contribution in [2.45, 2.75) is 26.3 Å². The Bertz CT molecular complexity index is 545. The van der Waals surface area contributed by atoms with E-state index in [1.807, 2.05) is 6.92 Å². The molecule has 0 spiro atoms. The fraction of sp³-hybridized carbons (Fsp3) is 0.455. The smallest absolute Gasteiger partial charge is 0.276 e. The third-order valence-corrected chi connectivity index (χ3v) is 2.78. The van der Waals surface area contributed by atoms with E-state index in [1.54, 1.807) is 7.05 Å². The second-order valence-corrected chi connectivity index (χ2v) is 4.31. The number of hydrogen-bond acceptors (Lipinski definition) is 5. The molecule has 0 aliphatic carbocycles. The first-order valence-electron chi connectivity index (χ1n) is 6.05. The maximum Gasteiger partial charge on any atom is 0.276 e. The highest BCUT2D eigenvalue weighted by molar-refractivity contribution is 5.97. The molecule has 2 aromatic rings. The fourth-order valence-corrected chi connectivity index (χ4v) is 1.77. The van der Waals surface area contributed by atoms with Crippen LogP contribution in [0.15, 0.2) is 6.33 Å². The third kappa shape index (κ3) is 2.72. The van der Waals surface area contributed by atoms with Crippen molar-refractivity contribution < 1.29 is 4.79 Å². The molecule has 0 fully saturated rings. The summed E-state index contributed by atoms with van der Waals surface area (Å²) >= 11 is 0. The van der Waals surface area contributed by atoms with Crippen LogP contribution in [-0.4, -0.2) is 43.2 Å². The molecule has 8 heteroatoms. The van der Waals surface area contributed by atoms with Crippen LogP contribution < -0.4 is 5.73 Å². The van der Waals surface area contributed by atoms with Crippen LogP contribution in [-0.2, 0) is 13.0 Å². The highest BCUT2D eigenvalue weighted by Gasteiger charge is 2.20. The van der Waals surface area contributed by atoms with Crippen LogP contribution >= 0.6 is 0 Å². The number of anilines is 1. The van der Waals surface area contributed by atoms with E-state index >= 15 is 0 Å². The number of amides is 1. The van der Waals surface area contributed by atoms with E-state index in [0.717, 1.165) is 18.5 Å². The standard InChI is InChI=1S/C11H17N7O/c1-3-4-7-9(12)10(17-15-7)11(19)18(2)5-8-13-6-14-16-8/h6H,3-5,12H2,1-2H3,(H,15,17)(H,13,14,16). The molecule has 2 aromatic heterocycles. The van der Waals surface area contributed by atoms with Gasteiger partial charge in [-0.15, -0.1) is 0 Å². The van der Waals surface area contributed by atoms with Crippen molar-refractivity contribution in [3.8, 4) is 0 Å². The van der Waals surface area contributed by atoms with E-state index in [9.17, 15) is 4.79 Å². The predicted octanol–water partition coefficient (Wildman–Crippen LogP) is 0.335. The molecule has 0 bridgehead atoms. The first kappa shape index (κ1) is 13.1. The van der Waals surface area contributed by atoms with Crippen molar-refractivity contribution in [3.63, 3.8) is 0 Å². The summed E-state index contributed by atoms with van der Waals surface area (Å²) in [6.07, 6.45) is 3.11. The number of hydrogen-bond donors (Lipinski definition) is 3. The molecule has 4 N–H and O–H groups in total. The molecular formula is C11H17N7O. The van der Waals surface area contributed by atoms with Gasteiger partial charge in [0, 0.05) is 7.05 Å². The molecule has 0 unspecified atom stereocenters. The number of aromatic nitrogens is 5.